The highest BCUT2D eigenvalue weighted by Gasteiger charge is 2.06. The van der Waals surface area contributed by atoms with Gasteiger partial charge in [-0.25, -0.2) is 9.67 Å². The zero-order valence-corrected chi connectivity index (χ0v) is 14.0. The number of benzene rings is 2. The molecule has 0 spiro atoms. The van der Waals surface area contributed by atoms with E-state index in [4.69, 9.17) is 10.5 Å². The van der Waals surface area contributed by atoms with E-state index in [2.05, 4.69) is 15.3 Å². The smallest absolute Gasteiger partial charge is 0.127 e. The van der Waals surface area contributed by atoms with E-state index in [9.17, 15) is 0 Å². The van der Waals surface area contributed by atoms with Gasteiger partial charge in [0, 0.05) is 11.8 Å². The molecule has 6 heteroatoms. The monoisotopic (exact) mass is 343 g/mol. The predicted octanol–water partition coefficient (Wildman–Crippen LogP) is 3.76. The van der Waals surface area contributed by atoms with E-state index in [1.807, 2.05) is 66.9 Å². The summed E-state index contributed by atoms with van der Waals surface area (Å²) in [5.41, 5.74) is 8.33. The number of nitrogens with two attached hydrogens (primary N) is 1. The number of ether oxygens (including phenoxy) is 1. The lowest BCUT2D eigenvalue weighted by atomic mass is 10.2. The molecule has 0 fully saturated rings. The van der Waals surface area contributed by atoms with Gasteiger partial charge in [-0.15, -0.1) is 5.10 Å². The summed E-state index contributed by atoms with van der Waals surface area (Å²) in [6, 6.07) is 21.3. The minimum atomic E-state index is 0.483. The maximum absolute atomic E-state index is 5.88. The summed E-state index contributed by atoms with van der Waals surface area (Å²) in [4.78, 5) is 4.08. The fourth-order valence-corrected chi connectivity index (χ4v) is 2.58. The Hall–Kier alpha value is -3.67. The van der Waals surface area contributed by atoms with Crippen LogP contribution >= 0.6 is 0 Å². The molecule has 0 atom stereocenters. The van der Waals surface area contributed by atoms with E-state index in [-0.39, 0.29) is 0 Å². The van der Waals surface area contributed by atoms with E-state index < -0.39 is 0 Å². The standard InChI is InChI=1S/C20H17N5O/c21-20-10-9-16(12-22-20)19-14-25(24-23-19)13-15-5-4-8-18(11-15)26-17-6-2-1-3-7-17/h1-12,14H,13H2,(H2,21,22). The van der Waals surface area contributed by atoms with Crippen molar-refractivity contribution in [2.75, 3.05) is 5.73 Å². The third-order valence-corrected chi connectivity index (χ3v) is 3.84. The van der Waals surface area contributed by atoms with Crippen LogP contribution in [-0.2, 0) is 6.54 Å². The second kappa shape index (κ2) is 7.06. The van der Waals surface area contributed by atoms with Crippen LogP contribution in [0.1, 0.15) is 5.56 Å². The molecular weight excluding hydrogens is 326 g/mol. The first-order valence-electron chi connectivity index (χ1n) is 8.20. The molecule has 0 saturated heterocycles. The number of aromatic nitrogens is 4. The van der Waals surface area contributed by atoms with Crippen molar-refractivity contribution < 1.29 is 4.74 Å². The lowest BCUT2D eigenvalue weighted by molar-refractivity contribution is 0.481. The number of hydrogen-bond acceptors (Lipinski definition) is 5. The van der Waals surface area contributed by atoms with Crippen molar-refractivity contribution in [1.29, 1.82) is 0 Å². The highest BCUT2D eigenvalue weighted by molar-refractivity contribution is 5.57. The second-order valence-corrected chi connectivity index (χ2v) is 5.84. The number of pyridine rings is 1. The summed E-state index contributed by atoms with van der Waals surface area (Å²) in [7, 11) is 0. The molecule has 128 valence electrons. The molecule has 0 aliphatic heterocycles. The van der Waals surface area contributed by atoms with Crippen LogP contribution in [0.2, 0.25) is 0 Å². The molecule has 0 radical (unpaired) electrons. The molecule has 0 unspecified atom stereocenters. The number of hydrogen-bond donors (Lipinski definition) is 1. The van der Waals surface area contributed by atoms with Gasteiger partial charge in [0.25, 0.3) is 0 Å². The van der Waals surface area contributed by atoms with Gasteiger partial charge in [-0.2, -0.15) is 0 Å². The van der Waals surface area contributed by atoms with E-state index in [1.54, 1.807) is 16.9 Å². The molecule has 0 saturated carbocycles. The van der Waals surface area contributed by atoms with Crippen LogP contribution in [0.3, 0.4) is 0 Å². The molecule has 0 aliphatic rings. The fourth-order valence-electron chi connectivity index (χ4n) is 2.58. The molecule has 4 rings (SSSR count). The van der Waals surface area contributed by atoms with Gasteiger partial charge in [-0.05, 0) is 42.0 Å². The zero-order chi connectivity index (χ0) is 17.8. The molecule has 6 nitrogen and oxygen atoms in total. The van der Waals surface area contributed by atoms with Gasteiger partial charge in [-0.1, -0.05) is 35.5 Å². The zero-order valence-electron chi connectivity index (χ0n) is 14.0. The summed E-state index contributed by atoms with van der Waals surface area (Å²) in [5, 5.41) is 8.39. The number of nitrogen functional groups attached to an aromatic ring is 1. The van der Waals surface area contributed by atoms with Crippen LogP contribution in [-0.4, -0.2) is 20.0 Å². The summed E-state index contributed by atoms with van der Waals surface area (Å²) in [5.74, 6) is 2.08. The van der Waals surface area contributed by atoms with E-state index in [1.165, 1.54) is 0 Å². The Bertz CT molecular complexity index is 996. The lowest BCUT2D eigenvalue weighted by Crippen LogP contribution is -2.00. The molecule has 0 aliphatic carbocycles. The topological polar surface area (TPSA) is 78.9 Å². The van der Waals surface area contributed by atoms with Crippen molar-refractivity contribution in [2.45, 2.75) is 6.54 Å². The first kappa shape index (κ1) is 15.8. The van der Waals surface area contributed by atoms with Crippen LogP contribution in [0.15, 0.2) is 79.1 Å². The highest BCUT2D eigenvalue weighted by Crippen LogP contribution is 2.22. The maximum atomic E-state index is 5.88. The number of rotatable bonds is 5. The number of anilines is 1. The molecule has 4 aromatic rings. The van der Waals surface area contributed by atoms with Gasteiger partial charge in [-0.3, -0.25) is 0 Å². The summed E-state index contributed by atoms with van der Waals surface area (Å²) in [6.45, 7) is 0.599. The van der Waals surface area contributed by atoms with Crippen molar-refractivity contribution >= 4 is 5.82 Å². The van der Waals surface area contributed by atoms with Crippen LogP contribution in [0, 0.1) is 0 Å². The fraction of sp³-hybridized carbons (Fsp3) is 0.0500. The van der Waals surface area contributed by atoms with Crippen LogP contribution < -0.4 is 10.5 Å². The Morgan fingerprint density at radius 2 is 1.77 bits per heavy atom. The Labute approximate surface area is 150 Å². The molecule has 2 N–H and O–H groups in total. The predicted molar refractivity (Wildman–Crippen MR) is 99.7 cm³/mol. The highest BCUT2D eigenvalue weighted by atomic mass is 16.5. The third-order valence-electron chi connectivity index (χ3n) is 3.84. The summed E-state index contributed by atoms with van der Waals surface area (Å²) in [6.07, 6.45) is 3.58. The molecular formula is C20H17N5O. The van der Waals surface area contributed by atoms with Gasteiger partial charge in [0.1, 0.15) is 23.0 Å². The average molecular weight is 343 g/mol. The minimum absolute atomic E-state index is 0.483. The van der Waals surface area contributed by atoms with Gasteiger partial charge in [0.15, 0.2) is 0 Å². The normalized spacial score (nSPS) is 10.6. The molecule has 0 bridgehead atoms. The van der Waals surface area contributed by atoms with E-state index in [0.29, 0.717) is 12.4 Å². The van der Waals surface area contributed by atoms with Crippen LogP contribution in [0.25, 0.3) is 11.3 Å². The van der Waals surface area contributed by atoms with E-state index >= 15 is 0 Å². The summed E-state index contributed by atoms with van der Waals surface area (Å²) < 4.78 is 7.66. The minimum Gasteiger partial charge on any atom is -0.457 e. The maximum Gasteiger partial charge on any atom is 0.127 e. The molecule has 2 heterocycles. The number of nitrogens with zero attached hydrogens (tertiary/aromatic N) is 4. The quantitative estimate of drug-likeness (QED) is 0.597. The Morgan fingerprint density at radius 1 is 0.923 bits per heavy atom. The number of para-hydroxylation sites is 1. The van der Waals surface area contributed by atoms with Crippen molar-refractivity contribution in [2.24, 2.45) is 0 Å². The van der Waals surface area contributed by atoms with Crippen molar-refractivity contribution in [3.8, 4) is 22.8 Å². The van der Waals surface area contributed by atoms with Crippen molar-refractivity contribution in [3.05, 3.63) is 84.7 Å². The van der Waals surface area contributed by atoms with Crippen LogP contribution in [0.4, 0.5) is 5.82 Å². The molecule has 26 heavy (non-hydrogen) atoms. The molecule has 0 amide bonds. The van der Waals surface area contributed by atoms with Crippen molar-refractivity contribution in [3.63, 3.8) is 0 Å². The van der Waals surface area contributed by atoms with Crippen LogP contribution in [0.5, 0.6) is 11.5 Å². The average Bonchev–Trinajstić information content (AvgIpc) is 3.12. The van der Waals surface area contributed by atoms with E-state index in [0.717, 1.165) is 28.3 Å². The SMILES string of the molecule is Nc1ccc(-c2cn(Cc3cccc(Oc4ccccc4)c3)nn2)cn1. The van der Waals surface area contributed by atoms with Gasteiger partial charge in [0.05, 0.1) is 12.7 Å². The van der Waals surface area contributed by atoms with Crippen molar-refractivity contribution in [1.82, 2.24) is 20.0 Å². The first-order chi connectivity index (χ1) is 12.8. The third kappa shape index (κ3) is 3.70. The largest absolute Gasteiger partial charge is 0.457 e. The lowest BCUT2D eigenvalue weighted by Gasteiger charge is -2.07. The first-order valence-corrected chi connectivity index (χ1v) is 8.20. The molecule has 2 aromatic heterocycles. The Balaban J connectivity index is 1.49. The Morgan fingerprint density at radius 3 is 2.58 bits per heavy atom. The summed E-state index contributed by atoms with van der Waals surface area (Å²) >= 11 is 0. The molecule has 2 aromatic carbocycles. The van der Waals surface area contributed by atoms with Gasteiger partial charge in [0.2, 0.25) is 0 Å². The second-order valence-electron chi connectivity index (χ2n) is 5.84. The Kier molecular flexibility index (Phi) is 4.30. The van der Waals surface area contributed by atoms with Gasteiger partial charge >= 0.3 is 0 Å². The van der Waals surface area contributed by atoms with Gasteiger partial charge < -0.3 is 10.5 Å².